The number of Topliss-reactive ketones (excluding diaryl/α,β-unsaturated/α-hetero) is 2. The zero-order valence-electron chi connectivity index (χ0n) is 13.6. The van der Waals surface area contributed by atoms with Gasteiger partial charge in [0, 0.05) is 14.0 Å². The highest BCUT2D eigenvalue weighted by Gasteiger charge is 2.63. The van der Waals surface area contributed by atoms with Crippen LogP contribution in [0.2, 0.25) is 0 Å². The quantitative estimate of drug-likeness (QED) is 0.501. The van der Waals surface area contributed by atoms with Gasteiger partial charge in [0.05, 0.1) is 29.7 Å². The van der Waals surface area contributed by atoms with Crippen LogP contribution in [-0.2, 0) is 14.3 Å². The van der Waals surface area contributed by atoms with E-state index in [1.165, 1.54) is 3.57 Å². The lowest BCUT2D eigenvalue weighted by Gasteiger charge is -2.16. The molecule has 0 amide bonds. The van der Waals surface area contributed by atoms with E-state index in [1.54, 1.807) is 11.3 Å². The normalized spacial score (nSPS) is 33.3. The zero-order chi connectivity index (χ0) is 17.3. The fourth-order valence-corrected chi connectivity index (χ4v) is 5.90. The third-order valence-corrected chi connectivity index (χ3v) is 7.45. The number of nitrogens with zero attached hydrogens (tertiary/aromatic N) is 1. The summed E-state index contributed by atoms with van der Waals surface area (Å²) < 4.78 is 6.99. The highest BCUT2D eigenvalue weighted by molar-refractivity contribution is 14.1. The number of hydrogen-bond donors (Lipinski definition) is 0. The maximum atomic E-state index is 13.0. The van der Waals surface area contributed by atoms with Crippen molar-refractivity contribution in [3.8, 4) is 10.6 Å². The molecular weight excluding hydrogens is 449 g/mol. The first-order valence-electron chi connectivity index (χ1n) is 8.51. The average molecular weight is 465 g/mol. The first kappa shape index (κ1) is 16.1. The van der Waals surface area contributed by atoms with Crippen molar-refractivity contribution in [2.45, 2.75) is 37.9 Å². The first-order chi connectivity index (χ1) is 12.0. The molecule has 1 aliphatic carbocycles. The van der Waals surface area contributed by atoms with Crippen LogP contribution in [0.4, 0.5) is 0 Å². The monoisotopic (exact) mass is 465 g/mol. The summed E-state index contributed by atoms with van der Waals surface area (Å²) in [6, 6.07) is 8.14. The van der Waals surface area contributed by atoms with Crippen LogP contribution in [0.15, 0.2) is 24.3 Å². The van der Waals surface area contributed by atoms with Crippen molar-refractivity contribution in [2.24, 2.45) is 11.8 Å². The Morgan fingerprint density at radius 3 is 2.28 bits per heavy atom. The van der Waals surface area contributed by atoms with E-state index in [2.05, 4.69) is 22.6 Å². The van der Waals surface area contributed by atoms with E-state index >= 15 is 0 Å². The summed E-state index contributed by atoms with van der Waals surface area (Å²) >= 11 is 3.83. The maximum Gasteiger partial charge on any atom is 0.155 e. The Kier molecular flexibility index (Phi) is 3.66. The fraction of sp³-hybridized carbons (Fsp3) is 0.421. The van der Waals surface area contributed by atoms with E-state index in [9.17, 15) is 9.59 Å². The molecular formula is C19H16INO3S. The molecule has 3 fully saturated rings. The summed E-state index contributed by atoms with van der Waals surface area (Å²) in [5.74, 6) is -1.09. The van der Waals surface area contributed by atoms with Gasteiger partial charge in [0.2, 0.25) is 0 Å². The van der Waals surface area contributed by atoms with Crippen molar-refractivity contribution in [3.05, 3.63) is 38.4 Å². The molecule has 4 nitrogen and oxygen atoms in total. The average Bonchev–Trinajstić information content (AvgIpc) is 3.33. The number of ether oxygens (including phenoxy) is 1. The summed E-state index contributed by atoms with van der Waals surface area (Å²) in [6.07, 6.45) is 1.71. The molecule has 2 bridgehead atoms. The Hall–Kier alpha value is -1.12. The Balaban J connectivity index is 1.53. The number of rotatable bonds is 2. The van der Waals surface area contributed by atoms with Crippen LogP contribution in [-0.4, -0.2) is 28.8 Å². The molecule has 2 saturated heterocycles. The van der Waals surface area contributed by atoms with Gasteiger partial charge in [-0.05, 0) is 54.5 Å². The van der Waals surface area contributed by atoms with Gasteiger partial charge in [0.15, 0.2) is 11.6 Å². The molecule has 3 aliphatic rings. The second kappa shape index (κ2) is 5.69. The summed E-state index contributed by atoms with van der Waals surface area (Å²) in [7, 11) is 0. The maximum absolute atomic E-state index is 13.0. The fourth-order valence-electron chi connectivity index (χ4n) is 4.59. The van der Waals surface area contributed by atoms with Crippen molar-refractivity contribution in [3.63, 3.8) is 0 Å². The minimum absolute atomic E-state index is 0.0322. The lowest BCUT2D eigenvalue weighted by Crippen LogP contribution is -2.29. The van der Waals surface area contributed by atoms with Crippen molar-refractivity contribution in [1.82, 2.24) is 4.98 Å². The lowest BCUT2D eigenvalue weighted by molar-refractivity contribution is -0.127. The SMILES string of the molecule is Cc1sc(-c2ccc(I)cc2)nc1C1C(=O)[C@@H]2[C@H](C1=O)[C@H]1CC[C@@H]2O1. The predicted molar refractivity (Wildman–Crippen MR) is 103 cm³/mol. The molecule has 0 spiro atoms. The van der Waals surface area contributed by atoms with Crippen molar-refractivity contribution >= 4 is 45.5 Å². The highest BCUT2D eigenvalue weighted by Crippen LogP contribution is 2.52. The Labute approximate surface area is 163 Å². The third kappa shape index (κ3) is 2.30. The van der Waals surface area contributed by atoms with Crippen molar-refractivity contribution < 1.29 is 14.3 Å². The molecule has 1 aromatic carbocycles. The van der Waals surface area contributed by atoms with Crippen LogP contribution in [0.3, 0.4) is 0 Å². The number of halogens is 1. The molecule has 0 N–H and O–H groups in total. The molecule has 5 rings (SSSR count). The van der Waals surface area contributed by atoms with Crippen molar-refractivity contribution in [1.29, 1.82) is 0 Å². The molecule has 128 valence electrons. The van der Waals surface area contributed by atoms with E-state index in [0.717, 1.165) is 28.3 Å². The zero-order valence-corrected chi connectivity index (χ0v) is 16.5. The number of thiazole rings is 1. The van der Waals surface area contributed by atoms with Crippen LogP contribution in [0, 0.1) is 22.3 Å². The van der Waals surface area contributed by atoms with E-state index in [0.29, 0.717) is 5.69 Å². The second-order valence-electron chi connectivity index (χ2n) is 7.05. The van der Waals surface area contributed by atoms with Gasteiger partial charge in [0.25, 0.3) is 0 Å². The minimum Gasteiger partial charge on any atom is -0.373 e. The van der Waals surface area contributed by atoms with E-state index < -0.39 is 5.92 Å². The standard InChI is InChI=1S/C19H16INO3S/c1-8-16(21-19(25-8)9-2-4-10(20)5-3-9)15-17(22)13-11-6-7-12(24-11)14(13)18(15)23/h2-5,11-15H,6-7H2,1H3/t11-,12+,13-,14+,15?. The van der Waals surface area contributed by atoms with Gasteiger partial charge in [-0.3, -0.25) is 9.59 Å². The summed E-state index contributed by atoms with van der Waals surface area (Å²) in [4.78, 5) is 31.7. The van der Waals surface area contributed by atoms with Gasteiger partial charge in [-0.1, -0.05) is 12.1 Å². The number of aryl methyl sites for hydroxylation is 1. The van der Waals surface area contributed by atoms with Gasteiger partial charge < -0.3 is 4.74 Å². The van der Waals surface area contributed by atoms with E-state index in [4.69, 9.17) is 9.72 Å². The van der Waals surface area contributed by atoms with Gasteiger partial charge in [-0.15, -0.1) is 11.3 Å². The molecule has 1 aromatic heterocycles. The van der Waals surface area contributed by atoms with Crippen LogP contribution in [0.5, 0.6) is 0 Å². The van der Waals surface area contributed by atoms with Crippen LogP contribution >= 0.6 is 33.9 Å². The van der Waals surface area contributed by atoms with Gasteiger partial charge in [-0.2, -0.15) is 0 Å². The molecule has 5 atom stereocenters. The molecule has 1 unspecified atom stereocenters. The number of carbonyl (C=O) groups is 2. The molecule has 3 heterocycles. The van der Waals surface area contributed by atoms with Crippen LogP contribution < -0.4 is 0 Å². The third-order valence-electron chi connectivity index (χ3n) is 5.70. The second-order valence-corrected chi connectivity index (χ2v) is 9.50. The van der Waals surface area contributed by atoms with Crippen LogP contribution in [0.25, 0.3) is 10.6 Å². The largest absolute Gasteiger partial charge is 0.373 e. The molecule has 25 heavy (non-hydrogen) atoms. The van der Waals surface area contributed by atoms with E-state index in [-0.39, 0.29) is 35.6 Å². The van der Waals surface area contributed by atoms with Crippen molar-refractivity contribution in [2.75, 3.05) is 0 Å². The number of benzene rings is 1. The Morgan fingerprint density at radius 2 is 1.68 bits per heavy atom. The predicted octanol–water partition coefficient (Wildman–Crippen LogP) is 3.75. The summed E-state index contributed by atoms with van der Waals surface area (Å²) in [5.41, 5.74) is 1.70. The topological polar surface area (TPSA) is 56.3 Å². The number of carbonyl (C=O) groups excluding carboxylic acids is 2. The Morgan fingerprint density at radius 1 is 1.08 bits per heavy atom. The van der Waals surface area contributed by atoms with E-state index in [1.807, 2.05) is 31.2 Å². The van der Waals surface area contributed by atoms with Gasteiger partial charge in [-0.25, -0.2) is 4.98 Å². The molecule has 2 aromatic rings. The number of hydrogen-bond acceptors (Lipinski definition) is 5. The Bertz CT molecular complexity index is 863. The highest BCUT2D eigenvalue weighted by atomic mass is 127. The minimum atomic E-state index is -0.684. The van der Waals surface area contributed by atoms with Crippen LogP contribution in [0.1, 0.15) is 29.3 Å². The number of fused-ring (bicyclic) bond motifs is 5. The molecule has 6 heteroatoms. The smallest absolute Gasteiger partial charge is 0.155 e. The van der Waals surface area contributed by atoms with Gasteiger partial charge >= 0.3 is 0 Å². The number of ketones is 2. The summed E-state index contributed by atoms with van der Waals surface area (Å²) in [5, 5.41) is 0.876. The first-order valence-corrected chi connectivity index (χ1v) is 10.4. The molecule has 2 aliphatic heterocycles. The van der Waals surface area contributed by atoms with Gasteiger partial charge in [0.1, 0.15) is 10.9 Å². The molecule has 1 saturated carbocycles. The molecule has 0 radical (unpaired) electrons. The lowest BCUT2D eigenvalue weighted by atomic mass is 9.81. The summed E-state index contributed by atoms with van der Waals surface area (Å²) in [6.45, 7) is 1.96. The number of aromatic nitrogens is 1.